The van der Waals surface area contributed by atoms with E-state index in [0.29, 0.717) is 12.0 Å². The van der Waals surface area contributed by atoms with E-state index in [1.807, 2.05) is 6.92 Å². The monoisotopic (exact) mass is 449 g/mol. The van der Waals surface area contributed by atoms with Crippen molar-refractivity contribution in [2.24, 2.45) is 11.8 Å². The Bertz CT molecular complexity index is 946. The smallest absolute Gasteiger partial charge is 0.228 e. The summed E-state index contributed by atoms with van der Waals surface area (Å²) in [5.74, 6) is 0.314. The largest absolute Gasteiger partial charge is 0.355 e. The van der Waals surface area contributed by atoms with E-state index >= 15 is 0 Å². The molecule has 0 bridgehead atoms. The molecular weight excluding hydrogens is 410 g/mol. The summed E-state index contributed by atoms with van der Waals surface area (Å²) in [5.41, 5.74) is 3.46. The summed E-state index contributed by atoms with van der Waals surface area (Å²) >= 11 is 0. The van der Waals surface area contributed by atoms with Crippen LogP contribution in [0.15, 0.2) is 30.3 Å². The molecule has 5 rings (SSSR count). The molecule has 2 fully saturated rings. The number of benzene rings is 1. The SMILES string of the molecule is CCn1nc(C)cc1C1(C(C(=O)NC2CCCCC2)C2CCCCC2)Nc2ccccc2N1. The van der Waals surface area contributed by atoms with Gasteiger partial charge in [-0.15, -0.1) is 0 Å². The highest BCUT2D eigenvalue weighted by molar-refractivity contribution is 5.86. The number of fused-ring (bicyclic) bond motifs is 1. The molecule has 1 amide bonds. The van der Waals surface area contributed by atoms with Crippen molar-refractivity contribution in [2.45, 2.75) is 96.3 Å². The Hall–Kier alpha value is -2.50. The Morgan fingerprint density at radius 2 is 1.67 bits per heavy atom. The van der Waals surface area contributed by atoms with Crippen molar-refractivity contribution in [3.63, 3.8) is 0 Å². The maximum atomic E-state index is 14.2. The molecular formula is C27H39N5O. The second kappa shape index (κ2) is 9.40. The van der Waals surface area contributed by atoms with E-state index < -0.39 is 5.66 Å². The molecule has 1 atom stereocenters. The van der Waals surface area contributed by atoms with Gasteiger partial charge in [0, 0.05) is 12.6 Å². The number of amides is 1. The van der Waals surface area contributed by atoms with E-state index in [1.54, 1.807) is 0 Å². The topological polar surface area (TPSA) is 71.0 Å². The number of aryl methyl sites for hydroxylation is 2. The van der Waals surface area contributed by atoms with Crippen LogP contribution in [0, 0.1) is 18.8 Å². The highest BCUT2D eigenvalue weighted by Crippen LogP contribution is 2.49. The Labute approximate surface area is 197 Å². The van der Waals surface area contributed by atoms with E-state index in [9.17, 15) is 4.79 Å². The number of anilines is 2. The Kier molecular flexibility index (Phi) is 6.35. The molecule has 3 N–H and O–H groups in total. The molecule has 2 heterocycles. The first-order valence-corrected chi connectivity index (χ1v) is 13.1. The summed E-state index contributed by atoms with van der Waals surface area (Å²) in [5, 5.41) is 16.0. The summed E-state index contributed by atoms with van der Waals surface area (Å²) in [6.07, 6.45) is 11.8. The molecule has 0 spiro atoms. The number of para-hydroxylation sites is 2. The number of carbonyl (C=O) groups excluding carboxylic acids is 1. The van der Waals surface area contributed by atoms with Crippen molar-refractivity contribution < 1.29 is 4.79 Å². The zero-order valence-corrected chi connectivity index (χ0v) is 20.2. The molecule has 178 valence electrons. The van der Waals surface area contributed by atoms with Gasteiger partial charge in [0.15, 0.2) is 5.66 Å². The quantitative estimate of drug-likeness (QED) is 0.541. The van der Waals surface area contributed by atoms with Crippen LogP contribution in [0.2, 0.25) is 0 Å². The second-order valence-corrected chi connectivity index (χ2v) is 10.3. The molecule has 6 nitrogen and oxygen atoms in total. The molecule has 2 aliphatic carbocycles. The number of aromatic nitrogens is 2. The summed E-state index contributed by atoms with van der Waals surface area (Å²) in [4.78, 5) is 14.2. The molecule has 1 unspecified atom stereocenters. The lowest BCUT2D eigenvalue weighted by Crippen LogP contribution is -2.57. The number of rotatable bonds is 6. The standard InChI is InChI=1S/C27H39N5O/c1-3-32-24(18-19(2)31-32)27(29-22-16-10-11-17-23(22)30-27)25(20-12-6-4-7-13-20)26(33)28-21-14-8-5-9-15-21/h10-11,16-18,20-21,25,29-30H,3-9,12-15H2,1-2H3,(H,28,33). The third-order valence-corrected chi connectivity index (χ3v) is 8.02. The summed E-state index contributed by atoms with van der Waals surface area (Å²) in [7, 11) is 0. The Morgan fingerprint density at radius 3 is 2.27 bits per heavy atom. The lowest BCUT2D eigenvalue weighted by molar-refractivity contribution is -0.130. The van der Waals surface area contributed by atoms with Crippen LogP contribution >= 0.6 is 0 Å². The van der Waals surface area contributed by atoms with Gasteiger partial charge in [0.1, 0.15) is 0 Å². The molecule has 2 aromatic rings. The van der Waals surface area contributed by atoms with Crippen LogP contribution < -0.4 is 16.0 Å². The van der Waals surface area contributed by atoms with E-state index in [1.165, 1.54) is 38.5 Å². The van der Waals surface area contributed by atoms with Crippen LogP contribution in [0.4, 0.5) is 11.4 Å². The number of nitrogens with one attached hydrogen (secondary N) is 3. The van der Waals surface area contributed by atoms with Gasteiger partial charge in [0.05, 0.1) is 28.7 Å². The molecule has 3 aliphatic rings. The summed E-state index contributed by atoms with van der Waals surface area (Å²) in [6, 6.07) is 10.8. The molecule has 6 heteroatoms. The Balaban J connectivity index is 1.59. The van der Waals surface area contributed by atoms with Gasteiger partial charge in [0.25, 0.3) is 0 Å². The minimum atomic E-state index is -0.707. The third kappa shape index (κ3) is 4.24. The van der Waals surface area contributed by atoms with Gasteiger partial charge in [-0.25, -0.2) is 0 Å². The fourth-order valence-corrected chi connectivity index (χ4v) is 6.47. The average molecular weight is 450 g/mol. The van der Waals surface area contributed by atoms with Crippen LogP contribution in [-0.4, -0.2) is 21.7 Å². The third-order valence-electron chi connectivity index (χ3n) is 8.02. The number of hydrogen-bond donors (Lipinski definition) is 3. The van der Waals surface area contributed by atoms with Crippen LogP contribution in [-0.2, 0) is 17.0 Å². The van der Waals surface area contributed by atoms with E-state index in [-0.39, 0.29) is 11.8 Å². The van der Waals surface area contributed by atoms with Gasteiger partial charge in [0.2, 0.25) is 5.91 Å². The maximum absolute atomic E-state index is 14.2. The average Bonchev–Trinajstić information content (AvgIpc) is 3.41. The van der Waals surface area contributed by atoms with Crippen molar-refractivity contribution in [2.75, 3.05) is 10.6 Å². The molecule has 1 aliphatic heterocycles. The van der Waals surface area contributed by atoms with Gasteiger partial charge in [-0.05, 0) is 63.6 Å². The molecule has 0 radical (unpaired) electrons. The van der Waals surface area contributed by atoms with Crippen molar-refractivity contribution >= 4 is 17.3 Å². The van der Waals surface area contributed by atoms with E-state index in [4.69, 9.17) is 5.10 Å². The highest BCUT2D eigenvalue weighted by Gasteiger charge is 2.53. The summed E-state index contributed by atoms with van der Waals surface area (Å²) in [6.45, 7) is 4.94. The zero-order valence-electron chi connectivity index (χ0n) is 20.2. The predicted octanol–water partition coefficient (Wildman–Crippen LogP) is 5.55. The minimum absolute atomic E-state index is 0.197. The highest BCUT2D eigenvalue weighted by atomic mass is 16.2. The fourth-order valence-electron chi connectivity index (χ4n) is 6.47. The zero-order chi connectivity index (χ0) is 22.8. The van der Waals surface area contributed by atoms with Gasteiger partial charge in [-0.1, -0.05) is 50.7 Å². The second-order valence-electron chi connectivity index (χ2n) is 10.3. The van der Waals surface area contributed by atoms with E-state index in [2.05, 4.69) is 57.9 Å². The van der Waals surface area contributed by atoms with Gasteiger partial charge >= 0.3 is 0 Å². The minimum Gasteiger partial charge on any atom is -0.355 e. The van der Waals surface area contributed by atoms with Gasteiger partial charge < -0.3 is 16.0 Å². The summed E-state index contributed by atoms with van der Waals surface area (Å²) < 4.78 is 2.07. The van der Waals surface area contributed by atoms with Crippen LogP contribution in [0.25, 0.3) is 0 Å². The van der Waals surface area contributed by atoms with E-state index in [0.717, 1.165) is 55.0 Å². The first-order chi connectivity index (χ1) is 16.1. The molecule has 1 aromatic carbocycles. The first-order valence-electron chi connectivity index (χ1n) is 13.1. The number of carbonyl (C=O) groups is 1. The van der Waals surface area contributed by atoms with Gasteiger partial charge in [-0.2, -0.15) is 5.10 Å². The fraction of sp³-hybridized carbons (Fsp3) is 0.630. The van der Waals surface area contributed by atoms with Crippen LogP contribution in [0.3, 0.4) is 0 Å². The van der Waals surface area contributed by atoms with Crippen molar-refractivity contribution in [3.05, 3.63) is 41.7 Å². The lowest BCUT2D eigenvalue weighted by atomic mass is 9.72. The lowest BCUT2D eigenvalue weighted by Gasteiger charge is -2.43. The molecule has 0 saturated heterocycles. The van der Waals surface area contributed by atoms with Crippen molar-refractivity contribution in [1.29, 1.82) is 0 Å². The van der Waals surface area contributed by atoms with Crippen molar-refractivity contribution in [3.8, 4) is 0 Å². The van der Waals surface area contributed by atoms with Crippen LogP contribution in [0.5, 0.6) is 0 Å². The molecule has 1 aromatic heterocycles. The first kappa shape index (κ1) is 22.3. The maximum Gasteiger partial charge on any atom is 0.228 e. The molecule has 2 saturated carbocycles. The van der Waals surface area contributed by atoms with Gasteiger partial charge in [-0.3, -0.25) is 9.48 Å². The van der Waals surface area contributed by atoms with Crippen LogP contribution in [0.1, 0.15) is 82.5 Å². The number of hydrogen-bond acceptors (Lipinski definition) is 4. The predicted molar refractivity (Wildman–Crippen MR) is 133 cm³/mol. The van der Waals surface area contributed by atoms with Crippen molar-refractivity contribution in [1.82, 2.24) is 15.1 Å². The molecule has 33 heavy (non-hydrogen) atoms. The normalized spacial score (nSPS) is 21.6. The number of nitrogens with zero attached hydrogens (tertiary/aromatic N) is 2. The Morgan fingerprint density at radius 1 is 1.06 bits per heavy atom.